The zero-order valence-electron chi connectivity index (χ0n) is 17.6. The molecule has 1 amide bonds. The third kappa shape index (κ3) is 9.03. The number of thiophene rings is 1. The summed E-state index contributed by atoms with van der Waals surface area (Å²) in [5, 5.41) is 5.49. The molecule has 2 rings (SSSR count). The van der Waals surface area contributed by atoms with Crippen LogP contribution in [-0.2, 0) is 17.6 Å². The fourth-order valence-electron chi connectivity index (χ4n) is 2.54. The van der Waals surface area contributed by atoms with Gasteiger partial charge in [-0.25, -0.2) is 4.99 Å². The first kappa shape index (κ1) is 25.2. The molecule has 0 aliphatic rings. The van der Waals surface area contributed by atoms with E-state index in [1.807, 2.05) is 19.2 Å². The van der Waals surface area contributed by atoms with Crippen molar-refractivity contribution in [1.82, 2.24) is 15.1 Å². The Labute approximate surface area is 195 Å². The molecule has 1 heterocycles. The van der Waals surface area contributed by atoms with Gasteiger partial charge in [0, 0.05) is 39.1 Å². The van der Waals surface area contributed by atoms with Crippen LogP contribution in [0.4, 0.5) is 0 Å². The van der Waals surface area contributed by atoms with Gasteiger partial charge in [-0.2, -0.15) is 0 Å². The molecule has 0 radical (unpaired) electrons. The summed E-state index contributed by atoms with van der Waals surface area (Å²) in [6.07, 6.45) is 1.82. The first-order valence-electron chi connectivity index (χ1n) is 9.34. The molecule has 160 valence electrons. The number of nitrogens with zero attached hydrogens (tertiary/aromatic N) is 3. The lowest BCUT2D eigenvalue weighted by atomic mass is 10.1. The topological polar surface area (TPSA) is 57.2 Å². The van der Waals surface area contributed by atoms with Crippen LogP contribution in [0.5, 0.6) is 5.75 Å². The molecule has 1 aromatic heterocycles. The lowest BCUT2D eigenvalue weighted by Gasteiger charge is -2.22. The number of methoxy groups -OCH3 is 1. The Bertz CT molecular complexity index is 749. The second-order valence-electron chi connectivity index (χ2n) is 6.70. The van der Waals surface area contributed by atoms with Crippen molar-refractivity contribution in [3.05, 3.63) is 52.2 Å². The number of likely N-dealkylation sites (N-methyl/N-ethyl adjacent to an activating group) is 2. The van der Waals surface area contributed by atoms with Gasteiger partial charge in [-0.15, -0.1) is 35.3 Å². The molecule has 2 aromatic rings. The average Bonchev–Trinajstić information content (AvgIpc) is 3.22. The van der Waals surface area contributed by atoms with Gasteiger partial charge in [0.15, 0.2) is 5.96 Å². The Morgan fingerprint density at radius 1 is 1.14 bits per heavy atom. The number of aliphatic imine (C=N–C) groups is 1. The molecule has 1 aromatic carbocycles. The van der Waals surface area contributed by atoms with E-state index >= 15 is 0 Å². The summed E-state index contributed by atoms with van der Waals surface area (Å²) in [6, 6.07) is 12.3. The van der Waals surface area contributed by atoms with Gasteiger partial charge in [0.25, 0.3) is 0 Å². The molecule has 1 N–H and O–H groups in total. The third-order valence-electron chi connectivity index (χ3n) is 4.35. The number of halogens is 1. The van der Waals surface area contributed by atoms with Crippen LogP contribution in [0.25, 0.3) is 0 Å². The molecule has 0 bridgehead atoms. The average molecular weight is 530 g/mol. The zero-order chi connectivity index (χ0) is 20.4. The second-order valence-corrected chi connectivity index (χ2v) is 7.74. The van der Waals surface area contributed by atoms with E-state index in [4.69, 9.17) is 4.74 Å². The Morgan fingerprint density at radius 2 is 1.86 bits per heavy atom. The van der Waals surface area contributed by atoms with E-state index in [-0.39, 0.29) is 36.4 Å². The minimum atomic E-state index is -0.0129. The van der Waals surface area contributed by atoms with Crippen molar-refractivity contribution in [3.63, 3.8) is 0 Å². The van der Waals surface area contributed by atoms with Crippen LogP contribution < -0.4 is 10.1 Å². The standard InChI is InChI=1S/C21H30N4O2S.HI/c1-24(2)20(26)16-23-21(25(3)14-12-19-6-5-15-28-19)22-13-11-17-7-9-18(27-4)10-8-17;/h5-10,15H,11-14,16H2,1-4H3,(H,22,23);1H. The molecule has 0 spiro atoms. The molecule has 0 saturated carbocycles. The van der Waals surface area contributed by atoms with Gasteiger partial charge < -0.3 is 19.9 Å². The van der Waals surface area contributed by atoms with Crippen LogP contribution in [0, 0.1) is 0 Å². The van der Waals surface area contributed by atoms with Gasteiger partial charge in [-0.1, -0.05) is 18.2 Å². The van der Waals surface area contributed by atoms with Crippen LogP contribution in [0.1, 0.15) is 10.4 Å². The Hall–Kier alpha value is -1.81. The second kappa shape index (κ2) is 13.4. The van der Waals surface area contributed by atoms with Gasteiger partial charge in [0.1, 0.15) is 12.3 Å². The van der Waals surface area contributed by atoms with E-state index in [2.05, 4.69) is 44.9 Å². The number of rotatable bonds is 9. The number of hydrogen-bond donors (Lipinski definition) is 1. The van der Waals surface area contributed by atoms with Crippen molar-refractivity contribution >= 4 is 47.2 Å². The number of carbonyl (C=O) groups is 1. The number of guanidine groups is 1. The van der Waals surface area contributed by atoms with Crippen LogP contribution in [0.2, 0.25) is 0 Å². The lowest BCUT2D eigenvalue weighted by molar-refractivity contribution is -0.127. The van der Waals surface area contributed by atoms with Crippen LogP contribution >= 0.6 is 35.3 Å². The Morgan fingerprint density at radius 3 is 2.45 bits per heavy atom. The first-order chi connectivity index (χ1) is 13.5. The minimum absolute atomic E-state index is 0. The fraction of sp³-hybridized carbons (Fsp3) is 0.429. The highest BCUT2D eigenvalue weighted by atomic mass is 127. The number of amides is 1. The van der Waals surface area contributed by atoms with Crippen LogP contribution in [-0.4, -0.2) is 69.6 Å². The maximum atomic E-state index is 11.9. The summed E-state index contributed by atoms with van der Waals surface area (Å²) in [6.45, 7) is 1.72. The molecule has 0 atom stereocenters. The number of benzene rings is 1. The SMILES string of the molecule is COc1ccc(CCNC(=NCC(=O)N(C)C)N(C)CCc2cccs2)cc1.I. The van der Waals surface area contributed by atoms with E-state index in [9.17, 15) is 4.79 Å². The van der Waals surface area contributed by atoms with E-state index in [0.29, 0.717) is 0 Å². The third-order valence-corrected chi connectivity index (χ3v) is 5.29. The Kier molecular flexibility index (Phi) is 11.7. The smallest absolute Gasteiger partial charge is 0.243 e. The van der Waals surface area contributed by atoms with Crippen molar-refractivity contribution in [2.75, 3.05) is 47.9 Å². The predicted octanol–water partition coefficient (Wildman–Crippen LogP) is 3.13. The monoisotopic (exact) mass is 530 g/mol. The lowest BCUT2D eigenvalue weighted by Crippen LogP contribution is -2.41. The summed E-state index contributed by atoms with van der Waals surface area (Å²) >= 11 is 1.76. The van der Waals surface area contributed by atoms with E-state index in [0.717, 1.165) is 37.6 Å². The molecular formula is C21H31IN4O2S. The largest absolute Gasteiger partial charge is 0.497 e. The van der Waals surface area contributed by atoms with Crippen molar-refractivity contribution in [1.29, 1.82) is 0 Å². The maximum absolute atomic E-state index is 11.9. The van der Waals surface area contributed by atoms with E-state index < -0.39 is 0 Å². The highest BCUT2D eigenvalue weighted by Gasteiger charge is 2.09. The van der Waals surface area contributed by atoms with Gasteiger partial charge in [0.05, 0.1) is 7.11 Å². The maximum Gasteiger partial charge on any atom is 0.243 e. The highest BCUT2D eigenvalue weighted by molar-refractivity contribution is 14.0. The summed E-state index contributed by atoms with van der Waals surface area (Å²) < 4.78 is 5.20. The van der Waals surface area contributed by atoms with Crippen molar-refractivity contribution in [3.8, 4) is 5.75 Å². The van der Waals surface area contributed by atoms with Crippen LogP contribution in [0.15, 0.2) is 46.8 Å². The summed E-state index contributed by atoms with van der Waals surface area (Å²) in [4.78, 5) is 21.4. The zero-order valence-corrected chi connectivity index (χ0v) is 20.7. The van der Waals surface area contributed by atoms with Crippen molar-refractivity contribution < 1.29 is 9.53 Å². The van der Waals surface area contributed by atoms with E-state index in [1.165, 1.54) is 10.4 Å². The molecular weight excluding hydrogens is 499 g/mol. The highest BCUT2D eigenvalue weighted by Crippen LogP contribution is 2.11. The molecule has 0 saturated heterocycles. The van der Waals surface area contributed by atoms with Crippen molar-refractivity contribution in [2.45, 2.75) is 12.8 Å². The number of hydrogen-bond acceptors (Lipinski definition) is 4. The predicted molar refractivity (Wildman–Crippen MR) is 132 cm³/mol. The normalized spacial score (nSPS) is 10.8. The Balaban J connectivity index is 0.00000420. The van der Waals surface area contributed by atoms with Gasteiger partial charge in [-0.3, -0.25) is 4.79 Å². The minimum Gasteiger partial charge on any atom is -0.497 e. The van der Waals surface area contributed by atoms with Crippen LogP contribution in [0.3, 0.4) is 0 Å². The molecule has 0 aliphatic heterocycles. The molecule has 0 unspecified atom stereocenters. The molecule has 0 aliphatic carbocycles. The first-order valence-corrected chi connectivity index (χ1v) is 10.2. The summed E-state index contributed by atoms with van der Waals surface area (Å²) in [7, 11) is 7.16. The number of ether oxygens (including phenoxy) is 1. The molecule has 0 fully saturated rings. The fourth-order valence-corrected chi connectivity index (χ4v) is 3.24. The summed E-state index contributed by atoms with van der Waals surface area (Å²) in [5.74, 6) is 1.59. The van der Waals surface area contributed by atoms with Crippen molar-refractivity contribution in [2.24, 2.45) is 4.99 Å². The number of carbonyl (C=O) groups excluding carboxylic acids is 1. The van der Waals surface area contributed by atoms with E-state index in [1.54, 1.807) is 37.4 Å². The molecule has 8 heteroatoms. The quantitative estimate of drug-likeness (QED) is 0.308. The summed E-state index contributed by atoms with van der Waals surface area (Å²) in [5.41, 5.74) is 1.22. The van der Waals surface area contributed by atoms with Gasteiger partial charge in [0.2, 0.25) is 5.91 Å². The molecule has 29 heavy (non-hydrogen) atoms. The molecule has 6 nitrogen and oxygen atoms in total. The van der Waals surface area contributed by atoms with Gasteiger partial charge in [-0.05, 0) is 42.0 Å². The number of nitrogens with one attached hydrogen (secondary N) is 1. The van der Waals surface area contributed by atoms with Gasteiger partial charge >= 0.3 is 0 Å².